The van der Waals surface area contributed by atoms with Crippen molar-refractivity contribution in [2.75, 3.05) is 5.32 Å². The number of aromatic carboxylic acids is 1. The van der Waals surface area contributed by atoms with Crippen molar-refractivity contribution in [2.45, 2.75) is 33.1 Å². The summed E-state index contributed by atoms with van der Waals surface area (Å²) in [7, 11) is 0. The minimum atomic E-state index is -0.982. The number of carboxylic acids is 1. The van der Waals surface area contributed by atoms with Crippen molar-refractivity contribution in [3.63, 3.8) is 0 Å². The maximum Gasteiger partial charge on any atom is 0.335 e. The van der Waals surface area contributed by atoms with Gasteiger partial charge >= 0.3 is 5.97 Å². The van der Waals surface area contributed by atoms with Gasteiger partial charge in [0.25, 0.3) is 5.95 Å². The third-order valence-electron chi connectivity index (χ3n) is 4.82. The topological polar surface area (TPSA) is 110 Å². The summed E-state index contributed by atoms with van der Waals surface area (Å²) in [6.45, 7) is 5.65. The Morgan fingerprint density at radius 1 is 1.14 bits per heavy atom. The molecule has 1 aliphatic heterocycles. The highest BCUT2D eigenvalue weighted by molar-refractivity contribution is 5.95. The summed E-state index contributed by atoms with van der Waals surface area (Å²) >= 11 is 0. The Kier molecular flexibility index (Phi) is 4.18. The molecule has 142 valence electrons. The summed E-state index contributed by atoms with van der Waals surface area (Å²) in [6, 6.07) is 8.48. The van der Waals surface area contributed by atoms with Crippen LogP contribution in [0.25, 0.3) is 5.95 Å². The highest BCUT2D eigenvalue weighted by Crippen LogP contribution is 2.39. The molecule has 1 aliphatic rings. The molecule has 0 radical (unpaired) electrons. The van der Waals surface area contributed by atoms with Crippen molar-refractivity contribution >= 4 is 17.7 Å². The van der Waals surface area contributed by atoms with Crippen LogP contribution in [0.5, 0.6) is 0 Å². The van der Waals surface area contributed by atoms with Crippen LogP contribution in [0.4, 0.5) is 5.82 Å². The first-order valence-corrected chi connectivity index (χ1v) is 8.88. The van der Waals surface area contributed by atoms with Gasteiger partial charge in [0.1, 0.15) is 5.82 Å². The predicted octanol–water partition coefficient (Wildman–Crippen LogP) is 2.76. The standard InChI is InChI=1S/C20H19N5O3/c1-10-8-11(2)22-20(21-10)25-18-17(12(3)24-25)15(9-16(26)23-18)13-4-6-14(7-5-13)19(27)28/h4-8,15H,9H2,1-3H3,(H,23,26)(H,27,28)/t15-/m0/s1. The number of rotatable bonds is 3. The third kappa shape index (κ3) is 3.02. The molecule has 28 heavy (non-hydrogen) atoms. The first-order chi connectivity index (χ1) is 13.3. The van der Waals surface area contributed by atoms with E-state index in [1.54, 1.807) is 28.9 Å². The number of fused-ring (bicyclic) bond motifs is 1. The van der Waals surface area contributed by atoms with E-state index in [4.69, 9.17) is 5.11 Å². The number of aromatic nitrogens is 4. The van der Waals surface area contributed by atoms with Gasteiger partial charge in [0.15, 0.2) is 0 Å². The van der Waals surface area contributed by atoms with E-state index in [1.165, 1.54) is 0 Å². The van der Waals surface area contributed by atoms with Gasteiger partial charge in [0, 0.05) is 29.3 Å². The molecule has 0 saturated carbocycles. The number of aryl methyl sites for hydroxylation is 3. The van der Waals surface area contributed by atoms with Gasteiger partial charge in [0.2, 0.25) is 5.91 Å². The van der Waals surface area contributed by atoms with Crippen LogP contribution in [0.3, 0.4) is 0 Å². The van der Waals surface area contributed by atoms with Gasteiger partial charge in [-0.2, -0.15) is 9.78 Å². The number of hydrogen-bond donors (Lipinski definition) is 2. The van der Waals surface area contributed by atoms with E-state index in [0.717, 1.165) is 28.2 Å². The van der Waals surface area contributed by atoms with Gasteiger partial charge in [0.05, 0.1) is 11.3 Å². The van der Waals surface area contributed by atoms with Crippen molar-refractivity contribution in [1.29, 1.82) is 0 Å². The average molecular weight is 377 g/mol. The maximum absolute atomic E-state index is 12.4. The van der Waals surface area contributed by atoms with E-state index in [9.17, 15) is 9.59 Å². The molecular formula is C20H19N5O3. The van der Waals surface area contributed by atoms with Gasteiger partial charge in [-0.3, -0.25) is 4.79 Å². The fraction of sp³-hybridized carbons (Fsp3) is 0.250. The van der Waals surface area contributed by atoms with Crippen LogP contribution < -0.4 is 5.32 Å². The van der Waals surface area contributed by atoms with Gasteiger partial charge in [-0.1, -0.05) is 12.1 Å². The molecule has 0 bridgehead atoms. The number of nitrogens with one attached hydrogen (secondary N) is 1. The molecule has 3 aromatic rings. The number of hydrogen-bond acceptors (Lipinski definition) is 5. The quantitative estimate of drug-likeness (QED) is 0.726. The van der Waals surface area contributed by atoms with Gasteiger partial charge < -0.3 is 10.4 Å². The lowest BCUT2D eigenvalue weighted by molar-refractivity contribution is -0.116. The molecule has 1 atom stereocenters. The Labute approximate surface area is 161 Å². The summed E-state index contributed by atoms with van der Waals surface area (Å²) in [5.41, 5.74) is 4.36. The van der Waals surface area contributed by atoms with Gasteiger partial charge in [-0.15, -0.1) is 0 Å². The fourth-order valence-corrected chi connectivity index (χ4v) is 3.64. The van der Waals surface area contributed by atoms with Crippen LogP contribution in [0.15, 0.2) is 30.3 Å². The lowest BCUT2D eigenvalue weighted by atomic mass is 9.85. The molecule has 8 heteroatoms. The monoisotopic (exact) mass is 377 g/mol. The van der Waals surface area contributed by atoms with E-state index in [2.05, 4.69) is 20.4 Å². The molecule has 0 aliphatic carbocycles. The number of anilines is 1. The van der Waals surface area contributed by atoms with Crippen LogP contribution in [-0.4, -0.2) is 36.7 Å². The van der Waals surface area contributed by atoms with E-state index in [-0.39, 0.29) is 23.8 Å². The van der Waals surface area contributed by atoms with E-state index in [1.807, 2.05) is 26.8 Å². The zero-order valence-electron chi connectivity index (χ0n) is 15.7. The van der Waals surface area contributed by atoms with Crippen LogP contribution >= 0.6 is 0 Å². The summed E-state index contributed by atoms with van der Waals surface area (Å²) in [6.07, 6.45) is 0.264. The molecule has 1 aromatic carbocycles. The number of carbonyl (C=O) groups is 2. The molecule has 0 unspecified atom stereocenters. The molecule has 1 amide bonds. The van der Waals surface area contributed by atoms with Gasteiger partial charge in [-0.05, 0) is 44.5 Å². The lowest BCUT2D eigenvalue weighted by Gasteiger charge is -2.24. The van der Waals surface area contributed by atoms with Crippen molar-refractivity contribution in [1.82, 2.24) is 19.7 Å². The average Bonchev–Trinajstić information content (AvgIpc) is 2.97. The smallest absolute Gasteiger partial charge is 0.335 e. The Balaban J connectivity index is 1.84. The van der Waals surface area contributed by atoms with Crippen LogP contribution in [-0.2, 0) is 4.79 Å². The lowest BCUT2D eigenvalue weighted by Crippen LogP contribution is -2.25. The second-order valence-corrected chi connectivity index (χ2v) is 6.94. The highest BCUT2D eigenvalue weighted by atomic mass is 16.4. The Hall–Kier alpha value is -3.55. The van der Waals surface area contributed by atoms with Crippen molar-refractivity contribution < 1.29 is 14.7 Å². The number of benzene rings is 1. The fourth-order valence-electron chi connectivity index (χ4n) is 3.64. The van der Waals surface area contributed by atoms with E-state index < -0.39 is 5.97 Å². The Bertz CT molecular complexity index is 1080. The zero-order chi connectivity index (χ0) is 20.0. The minimum absolute atomic E-state index is 0.134. The van der Waals surface area contributed by atoms with Crippen molar-refractivity contribution in [2.24, 2.45) is 0 Å². The molecule has 3 heterocycles. The third-order valence-corrected chi connectivity index (χ3v) is 4.82. The zero-order valence-corrected chi connectivity index (χ0v) is 15.7. The molecule has 8 nitrogen and oxygen atoms in total. The number of nitrogens with zero attached hydrogens (tertiary/aromatic N) is 4. The molecule has 4 rings (SSSR count). The van der Waals surface area contributed by atoms with E-state index >= 15 is 0 Å². The van der Waals surface area contributed by atoms with Gasteiger partial charge in [-0.25, -0.2) is 14.8 Å². The first-order valence-electron chi connectivity index (χ1n) is 8.88. The number of amides is 1. The number of carboxylic acid groups (broad SMARTS) is 1. The Morgan fingerprint density at radius 3 is 2.39 bits per heavy atom. The SMILES string of the molecule is Cc1cc(C)nc(-n2nc(C)c3c2NC(=O)C[C@H]3c2ccc(C(=O)O)cc2)n1. The van der Waals surface area contributed by atoms with Crippen molar-refractivity contribution in [3.05, 3.63) is 64.1 Å². The second-order valence-electron chi connectivity index (χ2n) is 6.94. The summed E-state index contributed by atoms with van der Waals surface area (Å²) in [5, 5.41) is 16.6. The molecule has 2 aromatic heterocycles. The van der Waals surface area contributed by atoms with Crippen molar-refractivity contribution in [3.8, 4) is 5.95 Å². The van der Waals surface area contributed by atoms with E-state index in [0.29, 0.717) is 11.8 Å². The largest absolute Gasteiger partial charge is 0.478 e. The van der Waals surface area contributed by atoms with Crippen LogP contribution in [0.1, 0.15) is 50.9 Å². The predicted molar refractivity (Wildman–Crippen MR) is 102 cm³/mol. The summed E-state index contributed by atoms with van der Waals surface area (Å²) < 4.78 is 1.57. The first kappa shape index (κ1) is 17.8. The highest BCUT2D eigenvalue weighted by Gasteiger charge is 2.33. The normalized spacial score (nSPS) is 15.8. The summed E-state index contributed by atoms with van der Waals surface area (Å²) in [5.74, 6) is -0.365. The van der Waals surface area contributed by atoms with Crippen LogP contribution in [0.2, 0.25) is 0 Å². The molecular weight excluding hydrogens is 358 g/mol. The molecule has 0 fully saturated rings. The van der Waals surface area contributed by atoms with Crippen LogP contribution in [0, 0.1) is 20.8 Å². The summed E-state index contributed by atoms with van der Waals surface area (Å²) in [4.78, 5) is 32.4. The second kappa shape index (κ2) is 6.56. The minimum Gasteiger partial charge on any atom is -0.478 e. The maximum atomic E-state index is 12.4. The molecule has 0 saturated heterocycles. The number of carbonyl (C=O) groups excluding carboxylic acids is 1. The Morgan fingerprint density at radius 2 is 1.79 bits per heavy atom. The molecule has 0 spiro atoms. The molecule has 2 N–H and O–H groups in total.